The maximum atomic E-state index is 13.3. The lowest BCUT2D eigenvalue weighted by Gasteiger charge is -2.26. The Bertz CT molecular complexity index is 739. The van der Waals surface area contributed by atoms with Gasteiger partial charge in [-0.3, -0.25) is 9.59 Å². The highest BCUT2D eigenvalue weighted by Crippen LogP contribution is 2.30. The van der Waals surface area contributed by atoms with Crippen molar-refractivity contribution < 1.29 is 9.18 Å². The number of H-pyrrole nitrogens is 1. The van der Waals surface area contributed by atoms with Gasteiger partial charge in [-0.15, -0.1) is 0 Å². The third-order valence-electron chi connectivity index (χ3n) is 3.76. The predicted octanol–water partition coefficient (Wildman–Crippen LogP) is 2.32. The van der Waals surface area contributed by atoms with Gasteiger partial charge in [0.25, 0.3) is 5.91 Å². The van der Waals surface area contributed by atoms with Crippen LogP contribution >= 0.6 is 0 Å². The van der Waals surface area contributed by atoms with E-state index in [2.05, 4.69) is 10.3 Å². The summed E-state index contributed by atoms with van der Waals surface area (Å²) in [6.07, 6.45) is 3.98. The van der Waals surface area contributed by atoms with Crippen molar-refractivity contribution >= 4 is 5.91 Å². The molecule has 108 valence electrons. The summed E-state index contributed by atoms with van der Waals surface area (Å²) in [5.41, 5.74) is 1.92. The van der Waals surface area contributed by atoms with Crippen molar-refractivity contribution in [2.24, 2.45) is 0 Å². The average molecular weight is 286 g/mol. The second-order valence-electron chi connectivity index (χ2n) is 5.20. The second kappa shape index (κ2) is 5.52. The van der Waals surface area contributed by atoms with Gasteiger partial charge in [0.05, 0.1) is 6.04 Å². The van der Waals surface area contributed by atoms with Gasteiger partial charge in [-0.2, -0.15) is 0 Å². The predicted molar refractivity (Wildman–Crippen MR) is 76.6 cm³/mol. The first-order valence-electron chi connectivity index (χ1n) is 6.91. The number of rotatable bonds is 2. The van der Waals surface area contributed by atoms with E-state index in [1.165, 1.54) is 24.4 Å². The Morgan fingerprint density at radius 2 is 2.14 bits per heavy atom. The van der Waals surface area contributed by atoms with E-state index < -0.39 is 0 Å². The third-order valence-corrected chi connectivity index (χ3v) is 3.76. The van der Waals surface area contributed by atoms with Crippen LogP contribution in [0.15, 0.2) is 41.3 Å². The minimum Gasteiger partial charge on any atom is -0.345 e. The zero-order valence-electron chi connectivity index (χ0n) is 11.4. The van der Waals surface area contributed by atoms with Crippen molar-refractivity contribution in [3.05, 3.63) is 69.4 Å². The zero-order chi connectivity index (χ0) is 14.8. The quantitative estimate of drug-likeness (QED) is 0.890. The normalized spacial score (nSPS) is 17.1. The highest BCUT2D eigenvalue weighted by molar-refractivity contribution is 5.94. The maximum absolute atomic E-state index is 13.3. The van der Waals surface area contributed by atoms with Crippen molar-refractivity contribution in [1.82, 2.24) is 10.3 Å². The molecule has 0 aliphatic heterocycles. The molecule has 0 radical (unpaired) electrons. The number of benzene rings is 1. The fraction of sp³-hybridized carbons (Fsp3) is 0.250. The molecule has 1 amide bonds. The Labute approximate surface area is 121 Å². The van der Waals surface area contributed by atoms with E-state index in [9.17, 15) is 14.0 Å². The van der Waals surface area contributed by atoms with Gasteiger partial charge in [-0.05, 0) is 48.6 Å². The van der Waals surface area contributed by atoms with Crippen LogP contribution in [-0.2, 0) is 6.42 Å². The van der Waals surface area contributed by atoms with Crippen LogP contribution in [0.2, 0.25) is 0 Å². The number of fused-ring (bicyclic) bond motifs is 1. The Balaban J connectivity index is 1.83. The highest BCUT2D eigenvalue weighted by Gasteiger charge is 2.22. The molecule has 2 aromatic rings. The van der Waals surface area contributed by atoms with Gasteiger partial charge in [-0.1, -0.05) is 6.07 Å². The summed E-state index contributed by atoms with van der Waals surface area (Å²) >= 11 is 0. The van der Waals surface area contributed by atoms with Gasteiger partial charge >= 0.3 is 0 Å². The van der Waals surface area contributed by atoms with Crippen molar-refractivity contribution in [3.8, 4) is 0 Å². The molecule has 0 bridgehead atoms. The Morgan fingerprint density at radius 3 is 2.95 bits per heavy atom. The number of aromatic amines is 1. The summed E-state index contributed by atoms with van der Waals surface area (Å²) in [6, 6.07) is 7.36. The topological polar surface area (TPSA) is 62.0 Å². The first-order valence-corrected chi connectivity index (χ1v) is 6.91. The highest BCUT2D eigenvalue weighted by atomic mass is 19.1. The molecule has 1 heterocycles. The largest absolute Gasteiger partial charge is 0.345 e. The molecule has 4 nitrogen and oxygen atoms in total. The number of hydrogen-bond donors (Lipinski definition) is 2. The molecular weight excluding hydrogens is 271 g/mol. The lowest BCUT2D eigenvalue weighted by Crippen LogP contribution is -2.31. The SMILES string of the molecule is O=C(NC1CCCc2cc(F)ccc21)c1cc[nH]c(=O)c1. The molecule has 1 atom stereocenters. The molecule has 0 fully saturated rings. The standard InChI is InChI=1S/C16H15FN2O2/c17-12-4-5-13-10(8-12)2-1-3-14(13)19-16(21)11-6-7-18-15(20)9-11/h4-9,14H,1-3H2,(H,18,20)(H,19,21). The number of nitrogens with one attached hydrogen (secondary N) is 2. The molecule has 1 aromatic heterocycles. The molecule has 1 aromatic carbocycles. The number of hydrogen-bond acceptors (Lipinski definition) is 2. The average Bonchev–Trinajstić information content (AvgIpc) is 2.47. The molecule has 1 aliphatic rings. The first-order chi connectivity index (χ1) is 10.1. The van der Waals surface area contributed by atoms with Crippen LogP contribution in [0.4, 0.5) is 4.39 Å². The van der Waals surface area contributed by atoms with Crippen LogP contribution in [0.3, 0.4) is 0 Å². The van der Waals surface area contributed by atoms with Crippen LogP contribution in [0.1, 0.15) is 40.4 Å². The second-order valence-corrected chi connectivity index (χ2v) is 5.20. The molecule has 5 heteroatoms. The number of pyridine rings is 1. The fourth-order valence-corrected chi connectivity index (χ4v) is 2.76. The van der Waals surface area contributed by atoms with Gasteiger partial charge in [-0.25, -0.2) is 4.39 Å². The summed E-state index contributed by atoms with van der Waals surface area (Å²) in [5, 5.41) is 2.92. The molecule has 3 rings (SSSR count). The van der Waals surface area contributed by atoms with E-state index in [1.807, 2.05) is 0 Å². The zero-order valence-corrected chi connectivity index (χ0v) is 11.4. The first kappa shape index (κ1) is 13.5. The molecule has 21 heavy (non-hydrogen) atoms. The van der Waals surface area contributed by atoms with E-state index >= 15 is 0 Å². The summed E-state index contributed by atoms with van der Waals surface area (Å²) in [7, 11) is 0. The number of amides is 1. The summed E-state index contributed by atoms with van der Waals surface area (Å²) in [6.45, 7) is 0. The lowest BCUT2D eigenvalue weighted by atomic mass is 9.87. The fourth-order valence-electron chi connectivity index (χ4n) is 2.76. The number of carbonyl (C=O) groups excluding carboxylic acids is 1. The third kappa shape index (κ3) is 2.86. The number of aryl methyl sites for hydroxylation is 1. The van der Waals surface area contributed by atoms with Crippen molar-refractivity contribution in [2.75, 3.05) is 0 Å². The molecule has 2 N–H and O–H groups in total. The molecule has 0 spiro atoms. The van der Waals surface area contributed by atoms with E-state index in [1.54, 1.807) is 12.1 Å². The van der Waals surface area contributed by atoms with Crippen LogP contribution < -0.4 is 10.9 Å². The van der Waals surface area contributed by atoms with Gasteiger partial charge in [0.2, 0.25) is 5.56 Å². The van der Waals surface area contributed by atoms with E-state index in [0.29, 0.717) is 5.56 Å². The number of aromatic nitrogens is 1. The van der Waals surface area contributed by atoms with Gasteiger partial charge in [0, 0.05) is 17.8 Å². The minimum absolute atomic E-state index is 0.138. The minimum atomic E-state index is -0.311. The maximum Gasteiger partial charge on any atom is 0.252 e. The summed E-state index contributed by atoms with van der Waals surface area (Å²) in [5.74, 6) is -0.543. The molecule has 1 aliphatic carbocycles. The molecule has 0 saturated carbocycles. The van der Waals surface area contributed by atoms with E-state index in [-0.39, 0.29) is 23.3 Å². The smallest absolute Gasteiger partial charge is 0.252 e. The summed E-state index contributed by atoms with van der Waals surface area (Å²) < 4.78 is 13.3. The number of carbonyl (C=O) groups is 1. The Morgan fingerprint density at radius 1 is 1.29 bits per heavy atom. The Kier molecular flexibility index (Phi) is 3.56. The summed E-state index contributed by atoms with van der Waals surface area (Å²) in [4.78, 5) is 25.9. The Hall–Kier alpha value is -2.43. The van der Waals surface area contributed by atoms with Crippen molar-refractivity contribution in [3.63, 3.8) is 0 Å². The number of halogens is 1. The van der Waals surface area contributed by atoms with Crippen molar-refractivity contribution in [1.29, 1.82) is 0 Å². The van der Waals surface area contributed by atoms with Gasteiger partial charge in [0.1, 0.15) is 5.82 Å². The molecule has 0 saturated heterocycles. The monoisotopic (exact) mass is 286 g/mol. The van der Waals surface area contributed by atoms with Crippen LogP contribution in [0, 0.1) is 5.82 Å². The van der Waals surface area contributed by atoms with E-state index in [4.69, 9.17) is 0 Å². The van der Waals surface area contributed by atoms with Gasteiger partial charge in [0.15, 0.2) is 0 Å². The molecular formula is C16H15FN2O2. The molecule has 1 unspecified atom stereocenters. The van der Waals surface area contributed by atoms with Crippen LogP contribution in [0.5, 0.6) is 0 Å². The lowest BCUT2D eigenvalue weighted by molar-refractivity contribution is 0.0932. The van der Waals surface area contributed by atoms with Crippen LogP contribution in [-0.4, -0.2) is 10.9 Å². The van der Waals surface area contributed by atoms with Crippen molar-refractivity contribution in [2.45, 2.75) is 25.3 Å². The van der Waals surface area contributed by atoms with Gasteiger partial charge < -0.3 is 10.3 Å². The van der Waals surface area contributed by atoms with Crippen LogP contribution in [0.25, 0.3) is 0 Å². The van der Waals surface area contributed by atoms with E-state index in [0.717, 1.165) is 30.4 Å².